The zero-order valence-corrected chi connectivity index (χ0v) is 24.7. The number of thioether (sulfide) groups is 1. The lowest BCUT2D eigenvalue weighted by molar-refractivity contribution is -0.114. The first-order chi connectivity index (χ1) is 20.9. The molecule has 9 nitrogen and oxygen atoms in total. The first-order valence-electron chi connectivity index (χ1n) is 13.2. The number of methoxy groups -OCH3 is 3. The number of ether oxygens (including phenoxy) is 3. The summed E-state index contributed by atoms with van der Waals surface area (Å²) in [6.45, 7) is 0. The molecule has 43 heavy (non-hydrogen) atoms. The lowest BCUT2D eigenvalue weighted by Crippen LogP contribution is -2.30. The van der Waals surface area contributed by atoms with E-state index in [1.165, 1.54) is 39.2 Å². The third-order valence-corrected chi connectivity index (χ3v) is 7.08. The van der Waals surface area contributed by atoms with Crippen molar-refractivity contribution in [3.05, 3.63) is 114 Å². The van der Waals surface area contributed by atoms with Gasteiger partial charge in [-0.25, -0.2) is 0 Å². The van der Waals surface area contributed by atoms with E-state index < -0.39 is 11.8 Å². The van der Waals surface area contributed by atoms with Gasteiger partial charge in [0.05, 0.1) is 27.1 Å². The van der Waals surface area contributed by atoms with E-state index in [1.807, 2.05) is 36.4 Å². The Labute approximate surface area is 254 Å². The molecule has 0 aliphatic carbocycles. The lowest BCUT2D eigenvalue weighted by atomic mass is 10.1. The van der Waals surface area contributed by atoms with E-state index in [0.717, 1.165) is 10.6 Å². The summed E-state index contributed by atoms with van der Waals surface area (Å²) >= 11 is 1.33. The standard InChI is InChI=1S/C33H31N3O6S/c1-40-28-20-30(42-3)29(41-2)18-23(28)17-27(36-32(38)22-11-6-4-7-12-22)33(39)35-25-15-10-16-26(19-25)43-21-31(37)34-24-13-8-5-9-14-24/h4-20H,21H2,1-3H3,(H,34,37)(H,35,39)(H,36,38)/b27-17+. The van der Waals surface area contributed by atoms with E-state index in [4.69, 9.17) is 14.2 Å². The van der Waals surface area contributed by atoms with Crippen molar-refractivity contribution < 1.29 is 28.6 Å². The van der Waals surface area contributed by atoms with Gasteiger partial charge in [-0.1, -0.05) is 42.5 Å². The minimum absolute atomic E-state index is 0.0281. The predicted molar refractivity (Wildman–Crippen MR) is 169 cm³/mol. The van der Waals surface area contributed by atoms with Crippen molar-refractivity contribution in [1.82, 2.24) is 5.32 Å². The van der Waals surface area contributed by atoms with Gasteiger partial charge in [0.15, 0.2) is 11.5 Å². The van der Waals surface area contributed by atoms with E-state index in [2.05, 4.69) is 16.0 Å². The van der Waals surface area contributed by atoms with Crippen LogP contribution >= 0.6 is 11.8 Å². The Hall–Kier alpha value is -5.22. The second kappa shape index (κ2) is 15.1. The van der Waals surface area contributed by atoms with Gasteiger partial charge >= 0.3 is 0 Å². The average Bonchev–Trinajstić information content (AvgIpc) is 3.04. The van der Waals surface area contributed by atoms with Gasteiger partial charge in [0.1, 0.15) is 11.4 Å². The number of nitrogens with one attached hydrogen (secondary N) is 3. The molecule has 0 aliphatic rings. The molecule has 3 amide bonds. The molecule has 3 N–H and O–H groups in total. The zero-order chi connectivity index (χ0) is 30.6. The van der Waals surface area contributed by atoms with Crippen LogP contribution in [0.4, 0.5) is 11.4 Å². The first-order valence-corrected chi connectivity index (χ1v) is 14.2. The van der Waals surface area contributed by atoms with Crippen LogP contribution in [0.3, 0.4) is 0 Å². The molecule has 0 fully saturated rings. The molecule has 10 heteroatoms. The lowest BCUT2D eigenvalue weighted by Gasteiger charge is -2.15. The fourth-order valence-corrected chi connectivity index (χ4v) is 4.75. The highest BCUT2D eigenvalue weighted by molar-refractivity contribution is 8.00. The summed E-state index contributed by atoms with van der Waals surface area (Å²) in [6, 6.07) is 28.2. The molecule has 220 valence electrons. The number of carbonyl (C=O) groups excluding carboxylic acids is 3. The number of amides is 3. The Kier molecular flexibility index (Phi) is 10.8. The monoisotopic (exact) mass is 597 g/mol. The minimum Gasteiger partial charge on any atom is -0.496 e. The molecule has 0 saturated carbocycles. The van der Waals surface area contributed by atoms with E-state index >= 15 is 0 Å². The quantitative estimate of drug-likeness (QED) is 0.139. The molecule has 0 spiro atoms. The van der Waals surface area contributed by atoms with Crippen molar-refractivity contribution in [2.45, 2.75) is 4.90 Å². The summed E-state index contributed by atoms with van der Waals surface area (Å²) in [5, 5.41) is 8.41. The molecule has 0 bridgehead atoms. The van der Waals surface area contributed by atoms with E-state index in [-0.39, 0.29) is 17.4 Å². The van der Waals surface area contributed by atoms with Gasteiger partial charge in [0, 0.05) is 33.5 Å². The molecule has 0 saturated heterocycles. The van der Waals surface area contributed by atoms with E-state index in [1.54, 1.807) is 60.7 Å². The molecule has 0 atom stereocenters. The molecule has 0 aliphatic heterocycles. The van der Waals surface area contributed by atoms with Crippen molar-refractivity contribution in [3.8, 4) is 17.2 Å². The molecule has 4 rings (SSSR count). The molecule has 4 aromatic carbocycles. The molecule has 0 unspecified atom stereocenters. The van der Waals surface area contributed by atoms with Gasteiger partial charge in [-0.05, 0) is 54.6 Å². The summed E-state index contributed by atoms with van der Waals surface area (Å²) in [5.41, 5.74) is 2.04. The second-order valence-corrected chi connectivity index (χ2v) is 10.1. The molecular formula is C33H31N3O6S. The third kappa shape index (κ3) is 8.64. The van der Waals surface area contributed by atoms with Crippen LogP contribution in [0.15, 0.2) is 108 Å². The van der Waals surface area contributed by atoms with Gasteiger partial charge in [0.25, 0.3) is 11.8 Å². The van der Waals surface area contributed by atoms with Gasteiger partial charge in [0.2, 0.25) is 5.91 Å². The van der Waals surface area contributed by atoms with Gasteiger partial charge < -0.3 is 30.2 Å². The number of hydrogen-bond acceptors (Lipinski definition) is 7. The van der Waals surface area contributed by atoms with Crippen LogP contribution in [-0.4, -0.2) is 44.8 Å². The Morgan fingerprint density at radius 2 is 1.33 bits per heavy atom. The van der Waals surface area contributed by atoms with Crippen molar-refractivity contribution in [2.24, 2.45) is 0 Å². The van der Waals surface area contributed by atoms with Crippen molar-refractivity contribution in [2.75, 3.05) is 37.7 Å². The van der Waals surface area contributed by atoms with Crippen molar-refractivity contribution >= 4 is 46.9 Å². The highest BCUT2D eigenvalue weighted by Gasteiger charge is 2.18. The number of para-hydroxylation sites is 1. The minimum atomic E-state index is -0.565. The number of rotatable bonds is 12. The van der Waals surface area contributed by atoms with Crippen LogP contribution in [0.1, 0.15) is 15.9 Å². The van der Waals surface area contributed by atoms with Crippen LogP contribution < -0.4 is 30.2 Å². The van der Waals surface area contributed by atoms with Crippen LogP contribution in [0.5, 0.6) is 17.2 Å². The fourth-order valence-electron chi connectivity index (χ4n) is 3.99. The normalized spacial score (nSPS) is 10.8. The maximum absolute atomic E-state index is 13.6. The Bertz CT molecular complexity index is 1610. The maximum atomic E-state index is 13.6. The Balaban J connectivity index is 1.56. The third-order valence-electron chi connectivity index (χ3n) is 6.08. The molecule has 0 aromatic heterocycles. The van der Waals surface area contributed by atoms with Crippen LogP contribution in [-0.2, 0) is 9.59 Å². The van der Waals surface area contributed by atoms with Crippen molar-refractivity contribution in [1.29, 1.82) is 0 Å². The first kappa shape index (κ1) is 30.7. The van der Waals surface area contributed by atoms with E-state index in [0.29, 0.717) is 34.1 Å². The van der Waals surface area contributed by atoms with Crippen LogP contribution in [0.2, 0.25) is 0 Å². The summed E-state index contributed by atoms with van der Waals surface area (Å²) in [6.07, 6.45) is 1.50. The summed E-state index contributed by atoms with van der Waals surface area (Å²) in [7, 11) is 4.50. The van der Waals surface area contributed by atoms with Gasteiger partial charge in [-0.2, -0.15) is 0 Å². The summed E-state index contributed by atoms with van der Waals surface area (Å²) in [5.74, 6) is 0.281. The SMILES string of the molecule is COc1cc(OC)c(OC)cc1/C=C(/NC(=O)c1ccccc1)C(=O)Nc1cccc(SCC(=O)Nc2ccccc2)c1. The molecular weight excluding hydrogens is 566 g/mol. The Morgan fingerprint density at radius 1 is 0.698 bits per heavy atom. The second-order valence-electron chi connectivity index (χ2n) is 9.01. The van der Waals surface area contributed by atoms with Crippen LogP contribution in [0.25, 0.3) is 6.08 Å². The summed E-state index contributed by atoms with van der Waals surface area (Å²) in [4.78, 5) is 39.8. The zero-order valence-electron chi connectivity index (χ0n) is 23.9. The molecule has 0 radical (unpaired) electrons. The smallest absolute Gasteiger partial charge is 0.272 e. The van der Waals surface area contributed by atoms with Gasteiger partial charge in [-0.15, -0.1) is 11.8 Å². The highest BCUT2D eigenvalue weighted by atomic mass is 32.2. The summed E-state index contributed by atoms with van der Waals surface area (Å²) < 4.78 is 16.3. The average molecular weight is 598 g/mol. The largest absolute Gasteiger partial charge is 0.496 e. The highest BCUT2D eigenvalue weighted by Crippen LogP contribution is 2.35. The number of hydrogen-bond donors (Lipinski definition) is 3. The van der Waals surface area contributed by atoms with Crippen LogP contribution in [0, 0.1) is 0 Å². The number of benzene rings is 4. The van der Waals surface area contributed by atoms with E-state index in [9.17, 15) is 14.4 Å². The number of carbonyl (C=O) groups is 3. The maximum Gasteiger partial charge on any atom is 0.272 e. The molecule has 4 aromatic rings. The Morgan fingerprint density at radius 3 is 2.00 bits per heavy atom. The predicted octanol–water partition coefficient (Wildman–Crippen LogP) is 5.85. The molecule has 0 heterocycles. The topological polar surface area (TPSA) is 115 Å². The van der Waals surface area contributed by atoms with Crippen molar-refractivity contribution in [3.63, 3.8) is 0 Å². The number of anilines is 2. The fraction of sp³-hybridized carbons (Fsp3) is 0.121. The van der Waals surface area contributed by atoms with Gasteiger partial charge in [-0.3, -0.25) is 14.4 Å².